The van der Waals surface area contributed by atoms with Crippen molar-refractivity contribution in [2.75, 3.05) is 0 Å². The van der Waals surface area contributed by atoms with Gasteiger partial charge in [-0.1, -0.05) is 24.3 Å². The molecule has 0 atom stereocenters. The summed E-state index contributed by atoms with van der Waals surface area (Å²) in [5, 5.41) is 0. The molecule has 0 radical (unpaired) electrons. The van der Waals surface area contributed by atoms with Crippen molar-refractivity contribution in [3.05, 3.63) is 59.4 Å². The second kappa shape index (κ2) is 4.11. The Hall–Kier alpha value is -1.87. The van der Waals surface area contributed by atoms with Gasteiger partial charge in [-0.05, 0) is 17.7 Å². The molecular weight excluding hydrogens is 188 g/mol. The summed E-state index contributed by atoms with van der Waals surface area (Å²) in [5.74, 6) is 0.00331. The smallest absolute Gasteiger partial charge is 0.209 e. The number of nitrogens with one attached hydrogen (secondary N) is 1. The summed E-state index contributed by atoms with van der Waals surface area (Å²) in [6, 6.07) is 10.9. The minimum Gasteiger partial charge on any atom is -0.359 e. The number of carbonyl (C=O) groups excluding carboxylic acids is 1. The zero-order chi connectivity index (χ0) is 10.7. The molecule has 1 aromatic heterocycles. The van der Waals surface area contributed by atoms with Crippen molar-refractivity contribution in [3.63, 3.8) is 0 Å². The Bertz CT molecular complexity index is 443. The summed E-state index contributed by atoms with van der Waals surface area (Å²) < 4.78 is 0. The predicted octanol–water partition coefficient (Wildman–Crippen LogP) is 1.70. The molecule has 0 fully saturated rings. The zero-order valence-electron chi connectivity index (χ0n) is 8.23. The van der Waals surface area contributed by atoms with Crippen LogP contribution in [0, 0.1) is 0 Å². The number of ketones is 1. The Balaban J connectivity index is 2.27. The molecule has 0 aliphatic heterocycles. The second-order valence-electron chi connectivity index (χ2n) is 3.31. The standard InChI is InChI=1S/C12H12N2O/c13-8-9-3-5-10(6-4-9)12(15)11-2-1-7-14-11/h1-7,14H,8,13H2. The Morgan fingerprint density at radius 3 is 2.47 bits per heavy atom. The molecule has 2 aromatic rings. The van der Waals surface area contributed by atoms with Crippen LogP contribution in [0.5, 0.6) is 0 Å². The van der Waals surface area contributed by atoms with Gasteiger partial charge in [0, 0.05) is 18.3 Å². The fourth-order valence-electron chi connectivity index (χ4n) is 1.42. The van der Waals surface area contributed by atoms with Gasteiger partial charge in [0.25, 0.3) is 0 Å². The van der Waals surface area contributed by atoms with Crippen LogP contribution in [0.25, 0.3) is 0 Å². The highest BCUT2D eigenvalue weighted by atomic mass is 16.1. The average molecular weight is 200 g/mol. The van der Waals surface area contributed by atoms with E-state index in [1.807, 2.05) is 18.2 Å². The van der Waals surface area contributed by atoms with Crippen molar-refractivity contribution in [1.29, 1.82) is 0 Å². The van der Waals surface area contributed by atoms with Gasteiger partial charge >= 0.3 is 0 Å². The Kier molecular flexibility index (Phi) is 2.65. The fraction of sp³-hybridized carbons (Fsp3) is 0.0833. The van der Waals surface area contributed by atoms with Gasteiger partial charge in [0.2, 0.25) is 5.78 Å². The third kappa shape index (κ3) is 1.97. The first kappa shape index (κ1) is 9.68. The average Bonchev–Trinajstić information content (AvgIpc) is 2.82. The molecule has 1 heterocycles. The maximum Gasteiger partial charge on any atom is 0.209 e. The minimum absolute atomic E-state index is 0.00331. The van der Waals surface area contributed by atoms with Crippen molar-refractivity contribution >= 4 is 5.78 Å². The van der Waals surface area contributed by atoms with Gasteiger partial charge < -0.3 is 10.7 Å². The normalized spacial score (nSPS) is 10.2. The molecular formula is C12H12N2O. The van der Waals surface area contributed by atoms with E-state index in [1.54, 1.807) is 24.4 Å². The third-order valence-corrected chi connectivity index (χ3v) is 2.29. The van der Waals surface area contributed by atoms with E-state index in [4.69, 9.17) is 5.73 Å². The van der Waals surface area contributed by atoms with Crippen LogP contribution in [0.3, 0.4) is 0 Å². The highest BCUT2D eigenvalue weighted by molar-refractivity contribution is 6.07. The number of nitrogens with two attached hydrogens (primary N) is 1. The number of benzene rings is 1. The molecule has 0 bridgehead atoms. The van der Waals surface area contributed by atoms with Crippen molar-refractivity contribution < 1.29 is 4.79 Å². The van der Waals surface area contributed by atoms with Crippen LogP contribution in [0.4, 0.5) is 0 Å². The van der Waals surface area contributed by atoms with E-state index in [2.05, 4.69) is 4.98 Å². The molecule has 0 saturated carbocycles. The van der Waals surface area contributed by atoms with Gasteiger partial charge in [-0.15, -0.1) is 0 Å². The van der Waals surface area contributed by atoms with Crippen LogP contribution in [0.15, 0.2) is 42.6 Å². The molecule has 0 amide bonds. The Morgan fingerprint density at radius 1 is 1.20 bits per heavy atom. The number of rotatable bonds is 3. The Labute approximate surface area is 87.9 Å². The lowest BCUT2D eigenvalue weighted by Gasteiger charge is -2.00. The molecule has 0 spiro atoms. The number of aromatic nitrogens is 1. The number of aromatic amines is 1. The molecule has 2 rings (SSSR count). The summed E-state index contributed by atoms with van der Waals surface area (Å²) in [5.41, 5.74) is 7.79. The van der Waals surface area contributed by atoms with Crippen LogP contribution >= 0.6 is 0 Å². The molecule has 0 aliphatic carbocycles. The van der Waals surface area contributed by atoms with E-state index in [-0.39, 0.29) is 5.78 Å². The van der Waals surface area contributed by atoms with E-state index >= 15 is 0 Å². The first-order chi connectivity index (χ1) is 7.31. The highest BCUT2D eigenvalue weighted by Crippen LogP contribution is 2.09. The van der Waals surface area contributed by atoms with Gasteiger partial charge in [-0.2, -0.15) is 0 Å². The summed E-state index contributed by atoms with van der Waals surface area (Å²) in [6.45, 7) is 0.497. The monoisotopic (exact) mass is 200 g/mol. The topological polar surface area (TPSA) is 58.9 Å². The van der Waals surface area contributed by atoms with Gasteiger partial charge in [-0.25, -0.2) is 0 Å². The summed E-state index contributed by atoms with van der Waals surface area (Å²) >= 11 is 0. The first-order valence-electron chi connectivity index (χ1n) is 4.78. The van der Waals surface area contributed by atoms with Crippen LogP contribution < -0.4 is 5.73 Å². The maximum atomic E-state index is 11.8. The molecule has 3 heteroatoms. The third-order valence-electron chi connectivity index (χ3n) is 2.29. The maximum absolute atomic E-state index is 11.8. The largest absolute Gasteiger partial charge is 0.359 e. The second-order valence-corrected chi connectivity index (χ2v) is 3.31. The lowest BCUT2D eigenvalue weighted by molar-refractivity contribution is 0.103. The van der Waals surface area contributed by atoms with Crippen LogP contribution in [-0.2, 0) is 6.54 Å². The number of H-pyrrole nitrogens is 1. The molecule has 3 N–H and O–H groups in total. The molecule has 15 heavy (non-hydrogen) atoms. The number of carbonyl (C=O) groups is 1. The van der Waals surface area contributed by atoms with E-state index in [9.17, 15) is 4.79 Å². The van der Waals surface area contributed by atoms with Crippen LogP contribution in [0.1, 0.15) is 21.6 Å². The van der Waals surface area contributed by atoms with Crippen LogP contribution in [-0.4, -0.2) is 10.8 Å². The molecule has 76 valence electrons. The van der Waals surface area contributed by atoms with Crippen LogP contribution in [0.2, 0.25) is 0 Å². The van der Waals surface area contributed by atoms with Crippen molar-refractivity contribution in [1.82, 2.24) is 4.98 Å². The fourth-order valence-corrected chi connectivity index (χ4v) is 1.42. The SMILES string of the molecule is NCc1ccc(C(=O)c2ccc[nH]2)cc1. The number of hydrogen-bond donors (Lipinski definition) is 2. The van der Waals surface area contributed by atoms with E-state index in [0.717, 1.165) is 5.56 Å². The lowest BCUT2D eigenvalue weighted by atomic mass is 10.1. The van der Waals surface area contributed by atoms with Gasteiger partial charge in [-0.3, -0.25) is 4.79 Å². The first-order valence-corrected chi connectivity index (χ1v) is 4.78. The molecule has 0 saturated heterocycles. The van der Waals surface area contributed by atoms with E-state index < -0.39 is 0 Å². The van der Waals surface area contributed by atoms with Crippen molar-refractivity contribution in [2.45, 2.75) is 6.54 Å². The van der Waals surface area contributed by atoms with E-state index in [0.29, 0.717) is 17.8 Å². The lowest BCUT2D eigenvalue weighted by Crippen LogP contribution is -2.02. The Morgan fingerprint density at radius 2 is 1.93 bits per heavy atom. The predicted molar refractivity (Wildman–Crippen MR) is 58.6 cm³/mol. The quantitative estimate of drug-likeness (QED) is 0.741. The molecule has 3 nitrogen and oxygen atoms in total. The summed E-state index contributed by atoms with van der Waals surface area (Å²) in [7, 11) is 0. The van der Waals surface area contributed by atoms with Gasteiger partial charge in [0.05, 0.1) is 5.69 Å². The van der Waals surface area contributed by atoms with E-state index in [1.165, 1.54) is 0 Å². The zero-order valence-corrected chi connectivity index (χ0v) is 8.23. The molecule has 1 aromatic carbocycles. The summed E-state index contributed by atoms with van der Waals surface area (Å²) in [6.07, 6.45) is 1.74. The van der Waals surface area contributed by atoms with Crippen molar-refractivity contribution in [2.24, 2.45) is 5.73 Å². The number of hydrogen-bond acceptors (Lipinski definition) is 2. The van der Waals surface area contributed by atoms with Gasteiger partial charge in [0.1, 0.15) is 0 Å². The van der Waals surface area contributed by atoms with Gasteiger partial charge in [0.15, 0.2) is 0 Å². The van der Waals surface area contributed by atoms with Crippen molar-refractivity contribution in [3.8, 4) is 0 Å². The molecule has 0 aliphatic rings. The highest BCUT2D eigenvalue weighted by Gasteiger charge is 2.08. The minimum atomic E-state index is 0.00331. The molecule has 0 unspecified atom stereocenters. The summed E-state index contributed by atoms with van der Waals surface area (Å²) in [4.78, 5) is 14.7.